The maximum atomic E-state index is 13.1. The Hall–Kier alpha value is -4.34. The molecule has 0 aliphatic carbocycles. The van der Waals surface area contributed by atoms with Gasteiger partial charge in [0.25, 0.3) is 14.1 Å². The summed E-state index contributed by atoms with van der Waals surface area (Å²) in [6, 6.07) is 27.8. The van der Waals surface area contributed by atoms with E-state index in [4.69, 9.17) is 28.0 Å². The number of aromatic nitrogens is 2. The van der Waals surface area contributed by atoms with E-state index in [1.807, 2.05) is 78.9 Å². The molecule has 4 atom stereocenters. The van der Waals surface area contributed by atoms with Crippen LogP contribution in [0.1, 0.15) is 69.0 Å². The van der Waals surface area contributed by atoms with E-state index in [1.165, 1.54) is 10.8 Å². The summed E-state index contributed by atoms with van der Waals surface area (Å²) in [5, 5.41) is 9.29. The van der Waals surface area contributed by atoms with Gasteiger partial charge in [0.15, 0.2) is 0 Å². The van der Waals surface area contributed by atoms with Crippen LogP contribution < -0.4 is 20.7 Å². The molecule has 4 aromatic rings. The molecule has 1 N–H and O–H groups in total. The maximum Gasteiger partial charge on any atom is 0.330 e. The minimum atomic E-state index is -1.67. The Balaban J connectivity index is 1.60. The lowest BCUT2D eigenvalue weighted by Crippen LogP contribution is -2.39. The van der Waals surface area contributed by atoms with Crippen molar-refractivity contribution in [2.45, 2.75) is 83.6 Å². The number of benzene rings is 3. The number of nitrogens with one attached hydrogen (secondary N) is 1. The summed E-state index contributed by atoms with van der Waals surface area (Å²) in [6.45, 7) is 10.2. The lowest BCUT2D eigenvalue weighted by Gasteiger charge is -2.39. The number of hydrogen-bond acceptors (Lipinski definition) is 10. The van der Waals surface area contributed by atoms with Gasteiger partial charge in [-0.25, -0.2) is 9.46 Å². The fraction of sp³-hybridized carbons (Fsp3) is 0.425. The van der Waals surface area contributed by atoms with E-state index in [9.17, 15) is 14.9 Å². The normalized spacial score (nSPS) is 18.0. The Morgan fingerprint density at radius 3 is 2.02 bits per heavy atom. The van der Waals surface area contributed by atoms with E-state index in [1.54, 1.807) is 21.1 Å². The molecule has 2 heterocycles. The lowest BCUT2D eigenvalue weighted by atomic mass is 9.80. The molecular formula is C40H49N4O8P. The summed E-state index contributed by atoms with van der Waals surface area (Å²) in [7, 11) is 1.59. The van der Waals surface area contributed by atoms with Crippen molar-refractivity contribution in [1.82, 2.24) is 14.2 Å². The molecule has 1 unspecified atom stereocenters. The third kappa shape index (κ3) is 9.07. The largest absolute Gasteiger partial charge is 0.497 e. The van der Waals surface area contributed by atoms with E-state index >= 15 is 0 Å². The Bertz CT molecular complexity index is 1870. The van der Waals surface area contributed by atoms with Gasteiger partial charge in [0, 0.05) is 30.3 Å². The first-order valence-corrected chi connectivity index (χ1v) is 18.9. The Kier molecular flexibility index (Phi) is 13.6. The molecule has 1 aliphatic rings. The fourth-order valence-electron chi connectivity index (χ4n) is 6.62. The number of ether oxygens (including phenoxy) is 4. The van der Waals surface area contributed by atoms with Crippen molar-refractivity contribution in [2.75, 3.05) is 27.4 Å². The van der Waals surface area contributed by atoms with Crippen LogP contribution in [0.25, 0.3) is 0 Å². The van der Waals surface area contributed by atoms with E-state index in [2.05, 4.69) is 43.4 Å². The summed E-state index contributed by atoms with van der Waals surface area (Å²) in [5.41, 5.74) is 0.779. The second kappa shape index (κ2) is 18.1. The van der Waals surface area contributed by atoms with Gasteiger partial charge >= 0.3 is 5.69 Å². The summed E-state index contributed by atoms with van der Waals surface area (Å²) in [5.74, 6) is 1.40. The van der Waals surface area contributed by atoms with Crippen molar-refractivity contribution in [3.8, 4) is 17.6 Å². The third-order valence-corrected chi connectivity index (χ3v) is 11.3. The number of methoxy groups -OCH3 is 2. The van der Waals surface area contributed by atoms with Crippen LogP contribution in [0.15, 0.2) is 94.6 Å². The number of aryl methyl sites for hydroxylation is 1. The molecule has 1 saturated heterocycles. The van der Waals surface area contributed by atoms with Crippen LogP contribution in [0, 0.1) is 18.3 Å². The molecule has 53 heavy (non-hydrogen) atoms. The van der Waals surface area contributed by atoms with Gasteiger partial charge in [0.05, 0.1) is 46.0 Å². The van der Waals surface area contributed by atoms with Crippen molar-refractivity contribution >= 4 is 8.53 Å². The van der Waals surface area contributed by atoms with E-state index in [0.29, 0.717) is 17.1 Å². The first kappa shape index (κ1) is 39.9. The average Bonchev–Trinajstić information content (AvgIpc) is 3.56. The zero-order valence-electron chi connectivity index (χ0n) is 31.4. The van der Waals surface area contributed by atoms with Crippen LogP contribution in [0.3, 0.4) is 0 Å². The highest BCUT2D eigenvalue weighted by Crippen LogP contribution is 2.50. The molecule has 1 aromatic heterocycles. The zero-order chi connectivity index (χ0) is 38.1. The highest BCUT2D eigenvalue weighted by molar-refractivity contribution is 7.44. The van der Waals surface area contributed by atoms with Gasteiger partial charge in [0.2, 0.25) is 0 Å². The Morgan fingerprint density at radius 1 is 0.925 bits per heavy atom. The van der Waals surface area contributed by atoms with Gasteiger partial charge in [-0.3, -0.25) is 14.3 Å². The molecule has 0 radical (unpaired) electrons. The highest BCUT2D eigenvalue weighted by atomic mass is 31.2. The minimum Gasteiger partial charge on any atom is -0.497 e. The second-order valence-electron chi connectivity index (χ2n) is 13.3. The first-order valence-electron chi connectivity index (χ1n) is 17.7. The summed E-state index contributed by atoms with van der Waals surface area (Å²) < 4.78 is 41.6. The Labute approximate surface area is 312 Å². The van der Waals surface area contributed by atoms with Gasteiger partial charge in [0.1, 0.15) is 29.4 Å². The third-order valence-electron chi connectivity index (χ3n) is 9.16. The Morgan fingerprint density at radius 2 is 1.49 bits per heavy atom. The van der Waals surface area contributed by atoms with E-state index in [0.717, 1.165) is 16.7 Å². The molecule has 0 amide bonds. The first-order chi connectivity index (χ1) is 25.5. The van der Waals surface area contributed by atoms with Crippen molar-refractivity contribution < 1.29 is 28.0 Å². The second-order valence-corrected chi connectivity index (χ2v) is 14.8. The van der Waals surface area contributed by atoms with Crippen molar-refractivity contribution in [3.05, 3.63) is 128 Å². The number of nitrogens with zero attached hydrogens (tertiary/aromatic N) is 3. The molecule has 1 fully saturated rings. The topological polar surface area (TPSA) is 137 Å². The molecule has 282 valence electrons. The maximum absolute atomic E-state index is 13.1. The van der Waals surface area contributed by atoms with Gasteiger partial charge in [-0.15, -0.1) is 0 Å². The molecule has 0 saturated carbocycles. The molecule has 1 aliphatic heterocycles. The minimum absolute atomic E-state index is 0.0376. The monoisotopic (exact) mass is 756 g/mol. The molecule has 5 rings (SSSR count). The van der Waals surface area contributed by atoms with Crippen LogP contribution in [0.2, 0.25) is 0 Å². The van der Waals surface area contributed by atoms with Gasteiger partial charge < -0.3 is 28.0 Å². The zero-order valence-corrected chi connectivity index (χ0v) is 32.2. The number of aromatic amines is 1. The van der Waals surface area contributed by atoms with Crippen LogP contribution in [-0.4, -0.2) is 65.9 Å². The van der Waals surface area contributed by atoms with Crippen LogP contribution in [-0.2, 0) is 24.1 Å². The van der Waals surface area contributed by atoms with E-state index < -0.39 is 43.8 Å². The van der Waals surface area contributed by atoms with Gasteiger partial charge in [-0.2, -0.15) is 5.26 Å². The van der Waals surface area contributed by atoms with Gasteiger partial charge in [-0.1, -0.05) is 54.6 Å². The highest BCUT2D eigenvalue weighted by Gasteiger charge is 2.45. The summed E-state index contributed by atoms with van der Waals surface area (Å²) in [6.07, 6.45) is -0.0783. The molecule has 0 spiro atoms. The molecule has 3 aromatic carbocycles. The molecule has 13 heteroatoms. The SMILES string of the molecule is COc1ccc(C(O[13CH2][13C@H]2O[13C@@H]([15n]3[13cH][13c]([13CH3])[13c](=O)[15nH][13c]3=O)[13CH2][13C@@H]2OP(OCCC#N)N(C(C)C)C(C)C)(c2ccccc2)c2ccc(OC)cc2)cc1. The van der Waals surface area contributed by atoms with Crippen molar-refractivity contribution in [3.63, 3.8) is 0 Å². The predicted octanol–water partition coefficient (Wildman–Crippen LogP) is 6.82. The lowest BCUT2D eigenvalue weighted by molar-refractivity contribution is -0.0926. The van der Waals surface area contributed by atoms with Gasteiger partial charge in [-0.05, 0) is 75.6 Å². The number of nitriles is 1. The fourth-order valence-corrected chi connectivity index (χ4v) is 8.38. The van der Waals surface area contributed by atoms with Crippen LogP contribution >= 0.6 is 8.53 Å². The van der Waals surface area contributed by atoms with Crippen LogP contribution in [0.4, 0.5) is 0 Å². The van der Waals surface area contributed by atoms with Crippen LogP contribution in [0.5, 0.6) is 11.5 Å². The van der Waals surface area contributed by atoms with E-state index in [-0.39, 0.29) is 38.1 Å². The molecule has 12 nitrogen and oxygen atoms in total. The number of hydrogen-bond donors (Lipinski definition) is 1. The average molecular weight is 757 g/mol. The summed E-state index contributed by atoms with van der Waals surface area (Å²) in [4.78, 5) is 27.8. The number of rotatable bonds is 17. The van der Waals surface area contributed by atoms with Crippen molar-refractivity contribution in [2.24, 2.45) is 0 Å². The predicted molar refractivity (Wildman–Crippen MR) is 203 cm³/mol. The summed E-state index contributed by atoms with van der Waals surface area (Å²) >= 11 is 0. The van der Waals surface area contributed by atoms with Crippen molar-refractivity contribution in [1.29, 1.82) is 5.26 Å². The molecular weight excluding hydrogens is 707 g/mol. The standard InChI is InChI=1S/C40H49N4O8P/c1-27(2)44(28(3)4)53(50-23-11-22-41)52-35-24-37(43-25-29(5)38(45)42-39(43)46)51-36(35)26-49-40(30-12-9-8-10-13-30,31-14-18-33(47-6)19-15-31)32-16-20-34(48-7)21-17-32/h8-10,12-21,25,27-28,35-37H,11,23-24,26H2,1-7H3,(H,42,45,46)/t35-,36+,37+,53?/m0/s1/i5+1,24+1,25+1,26+1,29+1,35+1,36+1,37+1,38+1,39+1,42+1,43+1. The molecule has 0 bridgehead atoms. The number of H-pyrrole nitrogens is 1. The quantitative estimate of drug-likeness (QED) is 0.0529. The smallest absolute Gasteiger partial charge is 0.330 e.